The van der Waals surface area contributed by atoms with Crippen molar-refractivity contribution in [1.82, 2.24) is 10.2 Å². The molecule has 1 saturated heterocycles. The van der Waals surface area contributed by atoms with Gasteiger partial charge in [0.25, 0.3) is 0 Å². The van der Waals surface area contributed by atoms with E-state index in [0.29, 0.717) is 0 Å². The summed E-state index contributed by atoms with van der Waals surface area (Å²) in [6.45, 7) is 4.74. The molecule has 1 rings (SSSR count). The van der Waals surface area contributed by atoms with Crippen LogP contribution in [0.1, 0.15) is 0 Å². The van der Waals surface area contributed by atoms with Crippen molar-refractivity contribution in [2.75, 3.05) is 33.2 Å². The number of likely N-dealkylation sites (N-methyl/N-ethyl adjacent to an activating group) is 1. The van der Waals surface area contributed by atoms with Gasteiger partial charge in [-0.25, -0.2) is 0 Å². The van der Waals surface area contributed by atoms with Crippen molar-refractivity contribution < 1.29 is 0 Å². The molecule has 0 spiro atoms. The largest absolute Gasteiger partial charge is 0.314 e. The van der Waals surface area contributed by atoms with Gasteiger partial charge < -0.3 is 10.2 Å². The van der Waals surface area contributed by atoms with Gasteiger partial charge in [-0.05, 0) is 7.05 Å². The van der Waals surface area contributed by atoms with Crippen molar-refractivity contribution >= 4 is 18.9 Å². The smallest absolute Gasteiger partial charge is 0.0104 e. The van der Waals surface area contributed by atoms with E-state index in [0.717, 1.165) is 13.1 Å². The summed E-state index contributed by atoms with van der Waals surface area (Å²) in [6, 6.07) is 0. The Kier molecular flexibility index (Phi) is 4.69. The topological polar surface area (TPSA) is 15.3 Å². The van der Waals surface area contributed by atoms with Gasteiger partial charge in [0.2, 0.25) is 0 Å². The predicted octanol–water partition coefficient (Wildman–Crippen LogP) is -0.859. The zero-order valence-corrected chi connectivity index (χ0v) is 5.78. The van der Waals surface area contributed by atoms with Crippen LogP contribution in [0.5, 0.6) is 0 Å². The van der Waals surface area contributed by atoms with Crippen LogP contribution in [0.4, 0.5) is 0 Å². The van der Waals surface area contributed by atoms with Gasteiger partial charge in [-0.15, -0.1) is 0 Å². The number of nitrogens with one attached hydrogen (secondary N) is 1. The molecule has 0 aromatic rings. The molecule has 0 bridgehead atoms. The molecule has 0 saturated carbocycles. The van der Waals surface area contributed by atoms with Crippen LogP contribution in [0.25, 0.3) is 0 Å². The Balaban J connectivity index is 0.000000490. The van der Waals surface area contributed by atoms with Crippen molar-refractivity contribution in [3.63, 3.8) is 0 Å². The molecule has 0 unspecified atom stereocenters. The monoisotopic (exact) mass is 107 g/mol. The maximum Gasteiger partial charge on any atom is 0.0104 e. The molecule has 2 nitrogen and oxygen atoms in total. The standard InChI is InChI=1S/C5H12N2.Li/c1-7-4-2-6-3-5-7;/h6H,2-5H2,1H3;. The molecule has 0 aromatic carbocycles. The van der Waals surface area contributed by atoms with Crippen molar-refractivity contribution in [3.8, 4) is 0 Å². The molecule has 0 aliphatic carbocycles. The van der Waals surface area contributed by atoms with Gasteiger partial charge in [-0.1, -0.05) is 0 Å². The molecule has 1 heterocycles. The first-order valence-electron chi connectivity index (χ1n) is 2.79. The molecule has 8 heavy (non-hydrogen) atoms. The van der Waals surface area contributed by atoms with E-state index in [9.17, 15) is 0 Å². The minimum absolute atomic E-state index is 0. The summed E-state index contributed by atoms with van der Waals surface area (Å²) in [4.78, 5) is 2.33. The van der Waals surface area contributed by atoms with E-state index in [-0.39, 0.29) is 18.9 Å². The third kappa shape index (κ3) is 2.73. The molecule has 0 amide bonds. The second kappa shape index (κ2) is 4.40. The second-order valence-corrected chi connectivity index (χ2v) is 2.05. The van der Waals surface area contributed by atoms with Crippen molar-refractivity contribution in [2.45, 2.75) is 0 Å². The normalized spacial score (nSPS) is 22.1. The number of hydrogen-bond donors (Lipinski definition) is 1. The zero-order chi connectivity index (χ0) is 5.11. The Labute approximate surface area is 62.8 Å². The van der Waals surface area contributed by atoms with E-state index < -0.39 is 0 Å². The molecule has 1 fully saturated rings. The van der Waals surface area contributed by atoms with Crippen molar-refractivity contribution in [1.29, 1.82) is 0 Å². The van der Waals surface area contributed by atoms with Crippen LogP contribution in [0.2, 0.25) is 0 Å². The number of hydrogen-bond acceptors (Lipinski definition) is 2. The van der Waals surface area contributed by atoms with E-state index in [1.807, 2.05) is 0 Å². The average molecular weight is 107 g/mol. The third-order valence-electron chi connectivity index (χ3n) is 1.34. The maximum absolute atomic E-state index is 3.27. The van der Waals surface area contributed by atoms with Crippen LogP contribution < -0.4 is 5.32 Å². The van der Waals surface area contributed by atoms with Crippen molar-refractivity contribution in [2.24, 2.45) is 0 Å². The molecule has 1 N–H and O–H groups in total. The minimum Gasteiger partial charge on any atom is -0.314 e. The summed E-state index contributed by atoms with van der Waals surface area (Å²) in [6.07, 6.45) is 0. The van der Waals surface area contributed by atoms with E-state index in [1.165, 1.54) is 13.1 Å². The van der Waals surface area contributed by atoms with Crippen LogP contribution in [0.15, 0.2) is 0 Å². The first kappa shape index (κ1) is 8.52. The Hall–Kier alpha value is 0.517. The minimum atomic E-state index is 0. The predicted molar refractivity (Wildman–Crippen MR) is 36.1 cm³/mol. The summed E-state index contributed by atoms with van der Waals surface area (Å²) in [5, 5.41) is 3.27. The first-order valence-corrected chi connectivity index (χ1v) is 2.79. The molecule has 0 aromatic heterocycles. The van der Waals surface area contributed by atoms with Crippen LogP contribution >= 0.6 is 0 Å². The molecule has 3 heteroatoms. The van der Waals surface area contributed by atoms with E-state index in [2.05, 4.69) is 17.3 Å². The third-order valence-corrected chi connectivity index (χ3v) is 1.34. The van der Waals surface area contributed by atoms with Crippen molar-refractivity contribution in [3.05, 3.63) is 0 Å². The molecule has 1 aliphatic heterocycles. The van der Waals surface area contributed by atoms with E-state index in [4.69, 9.17) is 0 Å². The quantitative estimate of drug-likeness (QED) is 0.405. The summed E-state index contributed by atoms with van der Waals surface area (Å²) < 4.78 is 0. The van der Waals surface area contributed by atoms with Gasteiger partial charge in [-0.3, -0.25) is 0 Å². The summed E-state index contributed by atoms with van der Waals surface area (Å²) in [5.41, 5.74) is 0. The molecule has 43 valence electrons. The van der Waals surface area contributed by atoms with Crippen LogP contribution in [-0.2, 0) is 0 Å². The molecule has 1 radical (unpaired) electrons. The van der Waals surface area contributed by atoms with Gasteiger partial charge in [0.05, 0.1) is 0 Å². The van der Waals surface area contributed by atoms with Gasteiger partial charge in [-0.2, -0.15) is 0 Å². The number of nitrogens with zero attached hydrogens (tertiary/aromatic N) is 1. The summed E-state index contributed by atoms with van der Waals surface area (Å²) in [7, 11) is 2.15. The van der Waals surface area contributed by atoms with Crippen LogP contribution in [0.3, 0.4) is 0 Å². The number of piperazine rings is 1. The van der Waals surface area contributed by atoms with Gasteiger partial charge in [0, 0.05) is 45.0 Å². The van der Waals surface area contributed by atoms with Crippen LogP contribution in [0, 0.1) is 0 Å². The Morgan fingerprint density at radius 2 is 1.75 bits per heavy atom. The van der Waals surface area contributed by atoms with Gasteiger partial charge in [0.15, 0.2) is 0 Å². The first-order chi connectivity index (χ1) is 3.39. The Morgan fingerprint density at radius 3 is 2.00 bits per heavy atom. The summed E-state index contributed by atoms with van der Waals surface area (Å²) in [5.74, 6) is 0. The Bertz CT molecular complexity index is 52.4. The second-order valence-electron chi connectivity index (χ2n) is 2.05. The molecule has 0 atom stereocenters. The fourth-order valence-electron chi connectivity index (χ4n) is 0.777. The summed E-state index contributed by atoms with van der Waals surface area (Å²) >= 11 is 0. The molecular formula is C5H12LiN2. The van der Waals surface area contributed by atoms with E-state index in [1.54, 1.807) is 0 Å². The average Bonchev–Trinajstić information content (AvgIpc) is 1.69. The fourth-order valence-corrected chi connectivity index (χ4v) is 0.777. The molecule has 1 aliphatic rings. The van der Waals surface area contributed by atoms with E-state index >= 15 is 0 Å². The SMILES string of the molecule is CN1CCNCC1.[Li]. The fraction of sp³-hybridized carbons (Fsp3) is 1.00. The maximum atomic E-state index is 3.27. The Morgan fingerprint density at radius 1 is 1.25 bits per heavy atom. The van der Waals surface area contributed by atoms with Gasteiger partial charge >= 0.3 is 0 Å². The van der Waals surface area contributed by atoms with Crippen LogP contribution in [-0.4, -0.2) is 57.0 Å². The number of rotatable bonds is 0. The molecular weight excluding hydrogens is 95.0 g/mol. The van der Waals surface area contributed by atoms with Gasteiger partial charge in [0.1, 0.15) is 0 Å². The zero-order valence-electron chi connectivity index (χ0n) is 5.78.